The average Bonchev–Trinajstić information content (AvgIpc) is 3.29. The molecule has 0 fully saturated rings. The predicted octanol–water partition coefficient (Wildman–Crippen LogP) is -1.70. The Bertz CT molecular complexity index is 1210. The summed E-state index contributed by atoms with van der Waals surface area (Å²) in [7, 11) is 0. The standard InChI is InChI=1S/C24H31N5O10/c25-14(9-12-10-26-15-4-2-1-3-13(12)15)21(35)27-16(5-7-19(31)32)22(36)28-17(6-8-20(33)34)23(37)29-18(11-30)24(38)39/h1-4,10,14,16-18,26,30H,5-9,11,25H2,(H,27,35)(H,28,36)(H,29,37)(H,31,32)(H,33,34)(H,38,39). The van der Waals surface area contributed by atoms with E-state index >= 15 is 0 Å². The molecule has 4 unspecified atom stereocenters. The molecule has 0 aliphatic carbocycles. The number of benzene rings is 1. The molecule has 15 heteroatoms. The number of aliphatic hydroxyl groups excluding tert-OH is 1. The molecule has 3 amide bonds. The van der Waals surface area contributed by atoms with Gasteiger partial charge < -0.3 is 47.1 Å². The largest absolute Gasteiger partial charge is 0.481 e. The zero-order valence-electron chi connectivity index (χ0n) is 20.8. The molecule has 0 saturated carbocycles. The first-order chi connectivity index (χ1) is 18.4. The number of carbonyl (C=O) groups excluding carboxylic acids is 3. The number of aromatic nitrogens is 1. The number of carboxylic acid groups (broad SMARTS) is 3. The Labute approximate surface area is 221 Å². The molecule has 1 aromatic heterocycles. The average molecular weight is 550 g/mol. The molecule has 4 atom stereocenters. The molecule has 2 rings (SSSR count). The highest BCUT2D eigenvalue weighted by molar-refractivity contribution is 5.94. The summed E-state index contributed by atoms with van der Waals surface area (Å²) in [6, 6.07) is 1.45. The van der Waals surface area contributed by atoms with Gasteiger partial charge in [0.05, 0.1) is 12.6 Å². The first-order valence-electron chi connectivity index (χ1n) is 11.9. The van der Waals surface area contributed by atoms with E-state index < -0.39 is 85.7 Å². The van der Waals surface area contributed by atoms with Crippen LogP contribution in [0.3, 0.4) is 0 Å². The molecule has 10 N–H and O–H groups in total. The number of carboxylic acids is 3. The molecule has 1 aromatic carbocycles. The molecule has 212 valence electrons. The summed E-state index contributed by atoms with van der Waals surface area (Å²) in [5.74, 6) is -7.01. The number of carbonyl (C=O) groups is 6. The van der Waals surface area contributed by atoms with Crippen molar-refractivity contribution in [2.75, 3.05) is 6.61 Å². The summed E-state index contributed by atoms with van der Waals surface area (Å²) in [5, 5.41) is 43.7. The monoisotopic (exact) mass is 549 g/mol. The van der Waals surface area contributed by atoms with Crippen LogP contribution in [-0.4, -0.2) is 91.8 Å². The Morgan fingerprint density at radius 3 is 1.82 bits per heavy atom. The van der Waals surface area contributed by atoms with Gasteiger partial charge in [-0.05, 0) is 30.9 Å². The highest BCUT2D eigenvalue weighted by Gasteiger charge is 2.31. The lowest BCUT2D eigenvalue weighted by molar-refractivity contribution is -0.144. The predicted molar refractivity (Wildman–Crippen MR) is 134 cm³/mol. The van der Waals surface area contributed by atoms with Crippen LogP contribution in [0.25, 0.3) is 10.9 Å². The summed E-state index contributed by atoms with van der Waals surface area (Å²) >= 11 is 0. The zero-order valence-corrected chi connectivity index (χ0v) is 20.8. The summed E-state index contributed by atoms with van der Waals surface area (Å²) < 4.78 is 0. The van der Waals surface area contributed by atoms with Crippen LogP contribution in [-0.2, 0) is 35.2 Å². The highest BCUT2D eigenvalue weighted by Crippen LogP contribution is 2.19. The summed E-state index contributed by atoms with van der Waals surface area (Å²) in [4.78, 5) is 74.7. The number of aliphatic hydroxyl groups is 1. The zero-order chi connectivity index (χ0) is 29.1. The van der Waals surface area contributed by atoms with Gasteiger partial charge in [-0.1, -0.05) is 18.2 Å². The van der Waals surface area contributed by atoms with Crippen LogP contribution in [0.5, 0.6) is 0 Å². The summed E-state index contributed by atoms with van der Waals surface area (Å²) in [6.07, 6.45) is -0.178. The lowest BCUT2D eigenvalue weighted by Crippen LogP contribution is -2.57. The number of amides is 3. The topological polar surface area (TPSA) is 261 Å². The van der Waals surface area contributed by atoms with E-state index in [2.05, 4.69) is 15.6 Å². The van der Waals surface area contributed by atoms with E-state index in [0.717, 1.165) is 16.5 Å². The Kier molecular flexibility index (Phi) is 11.4. The van der Waals surface area contributed by atoms with E-state index in [1.165, 1.54) is 0 Å². The molecule has 0 aliphatic rings. The van der Waals surface area contributed by atoms with Crippen LogP contribution in [0.1, 0.15) is 31.2 Å². The van der Waals surface area contributed by atoms with Crippen molar-refractivity contribution in [3.8, 4) is 0 Å². The Hall–Kier alpha value is -4.50. The fourth-order valence-corrected chi connectivity index (χ4v) is 3.71. The molecule has 0 bridgehead atoms. The second-order valence-corrected chi connectivity index (χ2v) is 8.74. The van der Waals surface area contributed by atoms with Crippen LogP contribution in [0, 0.1) is 0 Å². The number of aromatic amines is 1. The molecule has 2 aromatic rings. The van der Waals surface area contributed by atoms with Crippen molar-refractivity contribution in [1.29, 1.82) is 0 Å². The minimum absolute atomic E-state index is 0.0878. The van der Waals surface area contributed by atoms with Crippen LogP contribution in [0.2, 0.25) is 0 Å². The van der Waals surface area contributed by atoms with Crippen molar-refractivity contribution in [1.82, 2.24) is 20.9 Å². The maximum absolute atomic E-state index is 13.0. The quantitative estimate of drug-likeness (QED) is 0.114. The van der Waals surface area contributed by atoms with Gasteiger partial charge in [-0.25, -0.2) is 4.79 Å². The summed E-state index contributed by atoms with van der Waals surface area (Å²) in [6.45, 7) is -0.966. The number of nitrogens with one attached hydrogen (secondary N) is 4. The molecule has 15 nitrogen and oxygen atoms in total. The Morgan fingerprint density at radius 2 is 1.31 bits per heavy atom. The lowest BCUT2D eigenvalue weighted by Gasteiger charge is -2.24. The first kappa shape index (κ1) is 30.7. The second kappa shape index (κ2) is 14.4. The molecule has 0 radical (unpaired) electrons. The van der Waals surface area contributed by atoms with E-state index in [-0.39, 0.29) is 12.8 Å². The number of aliphatic carboxylic acids is 3. The second-order valence-electron chi connectivity index (χ2n) is 8.74. The van der Waals surface area contributed by atoms with Crippen molar-refractivity contribution in [2.24, 2.45) is 5.73 Å². The first-order valence-corrected chi connectivity index (χ1v) is 11.9. The molecule has 0 spiro atoms. The van der Waals surface area contributed by atoms with Gasteiger partial charge >= 0.3 is 17.9 Å². The molecule has 0 saturated heterocycles. The van der Waals surface area contributed by atoms with Crippen molar-refractivity contribution in [3.63, 3.8) is 0 Å². The third-order valence-electron chi connectivity index (χ3n) is 5.81. The normalized spacial score (nSPS) is 14.0. The smallest absolute Gasteiger partial charge is 0.328 e. The minimum Gasteiger partial charge on any atom is -0.481 e. The van der Waals surface area contributed by atoms with Gasteiger partial charge in [0.1, 0.15) is 18.1 Å². The fourth-order valence-electron chi connectivity index (χ4n) is 3.71. The van der Waals surface area contributed by atoms with E-state index in [4.69, 9.17) is 26.2 Å². The number of rotatable bonds is 16. The number of nitrogens with two attached hydrogens (primary N) is 1. The molecule has 1 heterocycles. The van der Waals surface area contributed by atoms with Crippen LogP contribution in [0.15, 0.2) is 30.5 Å². The van der Waals surface area contributed by atoms with E-state index in [9.17, 15) is 28.8 Å². The van der Waals surface area contributed by atoms with E-state index in [0.29, 0.717) is 0 Å². The van der Waals surface area contributed by atoms with Crippen LogP contribution in [0.4, 0.5) is 0 Å². The van der Waals surface area contributed by atoms with Gasteiger partial charge in [0.2, 0.25) is 17.7 Å². The van der Waals surface area contributed by atoms with Gasteiger partial charge in [-0.15, -0.1) is 0 Å². The molecular formula is C24H31N5O10. The molecule has 0 aliphatic heterocycles. The van der Waals surface area contributed by atoms with Crippen molar-refractivity contribution < 1.29 is 49.2 Å². The van der Waals surface area contributed by atoms with Crippen LogP contribution >= 0.6 is 0 Å². The molecule has 39 heavy (non-hydrogen) atoms. The van der Waals surface area contributed by atoms with E-state index in [1.54, 1.807) is 6.20 Å². The van der Waals surface area contributed by atoms with Gasteiger partial charge in [-0.2, -0.15) is 0 Å². The highest BCUT2D eigenvalue weighted by atomic mass is 16.4. The van der Waals surface area contributed by atoms with Gasteiger partial charge in [0, 0.05) is 29.9 Å². The molecular weight excluding hydrogens is 518 g/mol. The maximum Gasteiger partial charge on any atom is 0.328 e. The fraction of sp³-hybridized carbons (Fsp3) is 0.417. The third-order valence-corrected chi connectivity index (χ3v) is 5.81. The maximum atomic E-state index is 13.0. The number of fused-ring (bicyclic) bond motifs is 1. The van der Waals surface area contributed by atoms with Crippen molar-refractivity contribution in [3.05, 3.63) is 36.0 Å². The number of hydrogen-bond acceptors (Lipinski definition) is 8. The third kappa shape index (κ3) is 9.39. The van der Waals surface area contributed by atoms with Gasteiger partial charge in [0.15, 0.2) is 0 Å². The van der Waals surface area contributed by atoms with Crippen LogP contribution < -0.4 is 21.7 Å². The Morgan fingerprint density at radius 1 is 0.795 bits per heavy atom. The summed E-state index contributed by atoms with van der Waals surface area (Å²) in [5.41, 5.74) is 7.62. The van der Waals surface area contributed by atoms with Gasteiger partial charge in [-0.3, -0.25) is 24.0 Å². The Balaban J connectivity index is 2.15. The lowest BCUT2D eigenvalue weighted by atomic mass is 10.0. The minimum atomic E-state index is -1.72. The van der Waals surface area contributed by atoms with Crippen molar-refractivity contribution in [2.45, 2.75) is 56.3 Å². The van der Waals surface area contributed by atoms with Crippen molar-refractivity contribution >= 4 is 46.5 Å². The van der Waals surface area contributed by atoms with Gasteiger partial charge in [0.25, 0.3) is 0 Å². The SMILES string of the molecule is NC(Cc1c[nH]c2ccccc12)C(=O)NC(CCC(=O)O)C(=O)NC(CCC(=O)O)C(=O)NC(CO)C(=O)O. The number of hydrogen-bond donors (Lipinski definition) is 9. The number of para-hydroxylation sites is 1. The van der Waals surface area contributed by atoms with E-state index in [1.807, 2.05) is 29.6 Å². The number of H-pyrrole nitrogens is 1.